The van der Waals surface area contributed by atoms with Crippen molar-refractivity contribution in [2.75, 3.05) is 25.1 Å². The first kappa shape index (κ1) is 13.0. The number of anilines is 1. The Morgan fingerprint density at radius 1 is 1.25 bits per heavy atom. The van der Waals surface area contributed by atoms with Gasteiger partial charge >= 0.3 is 0 Å². The van der Waals surface area contributed by atoms with E-state index in [1.165, 1.54) is 5.56 Å². The van der Waals surface area contributed by atoms with E-state index in [0.717, 1.165) is 12.1 Å². The second kappa shape index (κ2) is 7.25. The van der Waals surface area contributed by atoms with Gasteiger partial charge in [-0.1, -0.05) is 19.1 Å². The van der Waals surface area contributed by atoms with Gasteiger partial charge in [0.05, 0.1) is 12.7 Å². The Kier molecular flexibility index (Phi) is 5.90. The highest BCUT2D eigenvalue weighted by molar-refractivity contribution is 5.44. The van der Waals surface area contributed by atoms with Crippen LogP contribution in [0, 0.1) is 0 Å². The number of hydrogen-bond donors (Lipinski definition) is 2. The number of nitrogens with one attached hydrogen (secondary N) is 1. The third-order valence-corrected chi connectivity index (χ3v) is 2.42. The summed E-state index contributed by atoms with van der Waals surface area (Å²) in [4.78, 5) is 0. The molecular formula is C13H21NO2. The van der Waals surface area contributed by atoms with E-state index >= 15 is 0 Å². The molecule has 0 radical (unpaired) electrons. The molecule has 0 bridgehead atoms. The first-order valence-electron chi connectivity index (χ1n) is 5.84. The van der Waals surface area contributed by atoms with Gasteiger partial charge in [-0.25, -0.2) is 0 Å². The Hall–Kier alpha value is -1.06. The predicted octanol–water partition coefficient (Wildman–Crippen LogP) is 2.06. The molecule has 0 aliphatic rings. The molecule has 1 aromatic carbocycles. The van der Waals surface area contributed by atoms with Crippen molar-refractivity contribution in [1.29, 1.82) is 0 Å². The predicted molar refractivity (Wildman–Crippen MR) is 66.8 cm³/mol. The summed E-state index contributed by atoms with van der Waals surface area (Å²) < 4.78 is 5.13. The van der Waals surface area contributed by atoms with Crippen molar-refractivity contribution in [2.45, 2.75) is 26.4 Å². The van der Waals surface area contributed by atoms with Crippen LogP contribution in [0.2, 0.25) is 0 Å². The first-order valence-corrected chi connectivity index (χ1v) is 5.84. The molecule has 1 rings (SSSR count). The molecule has 0 aromatic heterocycles. The minimum Gasteiger partial charge on any atom is -0.389 e. The van der Waals surface area contributed by atoms with Crippen LogP contribution < -0.4 is 5.32 Å². The summed E-state index contributed by atoms with van der Waals surface area (Å²) in [6.45, 7) is 5.60. The fourth-order valence-corrected chi connectivity index (χ4v) is 1.41. The van der Waals surface area contributed by atoms with Crippen LogP contribution in [0.5, 0.6) is 0 Å². The van der Waals surface area contributed by atoms with Crippen LogP contribution in [0.1, 0.15) is 19.4 Å². The van der Waals surface area contributed by atoms with E-state index in [2.05, 4.69) is 24.4 Å². The summed E-state index contributed by atoms with van der Waals surface area (Å²) in [5.74, 6) is 0. The monoisotopic (exact) mass is 223 g/mol. The molecule has 3 nitrogen and oxygen atoms in total. The zero-order valence-electron chi connectivity index (χ0n) is 10.1. The van der Waals surface area contributed by atoms with Crippen molar-refractivity contribution < 1.29 is 9.84 Å². The summed E-state index contributed by atoms with van der Waals surface area (Å²) >= 11 is 0. The fourth-order valence-electron chi connectivity index (χ4n) is 1.41. The van der Waals surface area contributed by atoms with Crippen molar-refractivity contribution >= 4 is 5.69 Å². The van der Waals surface area contributed by atoms with Crippen LogP contribution in [0.4, 0.5) is 5.69 Å². The average Bonchev–Trinajstić information content (AvgIpc) is 2.34. The number of hydrogen-bond acceptors (Lipinski definition) is 3. The van der Waals surface area contributed by atoms with Crippen LogP contribution in [0.3, 0.4) is 0 Å². The molecule has 0 heterocycles. The third kappa shape index (κ3) is 4.64. The molecule has 0 amide bonds. The lowest BCUT2D eigenvalue weighted by atomic mass is 10.1. The topological polar surface area (TPSA) is 41.5 Å². The smallest absolute Gasteiger partial charge is 0.0945 e. The van der Waals surface area contributed by atoms with E-state index < -0.39 is 6.10 Å². The zero-order valence-corrected chi connectivity index (χ0v) is 10.1. The van der Waals surface area contributed by atoms with E-state index in [1.54, 1.807) is 0 Å². The third-order valence-electron chi connectivity index (χ3n) is 2.42. The van der Waals surface area contributed by atoms with Crippen LogP contribution in [-0.4, -0.2) is 31.0 Å². The van der Waals surface area contributed by atoms with Gasteiger partial charge in [0, 0.05) is 18.8 Å². The second-order valence-electron chi connectivity index (χ2n) is 3.74. The highest BCUT2D eigenvalue weighted by atomic mass is 16.5. The van der Waals surface area contributed by atoms with Gasteiger partial charge in [0.1, 0.15) is 0 Å². The minimum atomic E-state index is -0.453. The molecule has 16 heavy (non-hydrogen) atoms. The minimum absolute atomic E-state index is 0.385. The van der Waals surface area contributed by atoms with Gasteiger partial charge in [-0.15, -0.1) is 0 Å². The molecule has 3 heteroatoms. The van der Waals surface area contributed by atoms with Crippen molar-refractivity contribution in [3.8, 4) is 0 Å². The maximum absolute atomic E-state index is 9.55. The van der Waals surface area contributed by atoms with Crippen LogP contribution in [0.25, 0.3) is 0 Å². The van der Waals surface area contributed by atoms with E-state index in [1.807, 2.05) is 19.1 Å². The lowest BCUT2D eigenvalue weighted by molar-refractivity contribution is 0.0496. The number of aryl methyl sites for hydroxylation is 1. The van der Waals surface area contributed by atoms with Gasteiger partial charge in [-0.05, 0) is 31.0 Å². The molecule has 90 valence electrons. The fraction of sp³-hybridized carbons (Fsp3) is 0.538. The summed E-state index contributed by atoms with van der Waals surface area (Å²) in [6.07, 6.45) is 0.596. The highest BCUT2D eigenvalue weighted by Gasteiger charge is 2.03. The van der Waals surface area contributed by atoms with Crippen LogP contribution in [-0.2, 0) is 11.2 Å². The van der Waals surface area contributed by atoms with Crippen molar-refractivity contribution in [3.63, 3.8) is 0 Å². The highest BCUT2D eigenvalue weighted by Crippen LogP contribution is 2.09. The van der Waals surface area contributed by atoms with Crippen molar-refractivity contribution in [3.05, 3.63) is 29.8 Å². The summed E-state index contributed by atoms with van der Waals surface area (Å²) in [7, 11) is 0. The lowest BCUT2D eigenvalue weighted by Gasteiger charge is -2.12. The standard InChI is InChI=1S/C13H21NO2/c1-3-11-5-7-12(8-6-11)14-9-13(15)10-16-4-2/h5-8,13-15H,3-4,9-10H2,1-2H3. The molecule has 0 fully saturated rings. The number of ether oxygens (including phenoxy) is 1. The van der Waals surface area contributed by atoms with Gasteiger partial charge in [-0.2, -0.15) is 0 Å². The summed E-state index contributed by atoms with van der Waals surface area (Å²) in [5, 5.41) is 12.7. The van der Waals surface area contributed by atoms with Gasteiger partial charge in [0.15, 0.2) is 0 Å². The molecule has 2 N–H and O–H groups in total. The van der Waals surface area contributed by atoms with Crippen LogP contribution >= 0.6 is 0 Å². The van der Waals surface area contributed by atoms with E-state index in [4.69, 9.17) is 4.74 Å². The van der Waals surface area contributed by atoms with Gasteiger partial charge < -0.3 is 15.2 Å². The zero-order chi connectivity index (χ0) is 11.8. The van der Waals surface area contributed by atoms with E-state index in [-0.39, 0.29) is 0 Å². The molecule has 0 saturated heterocycles. The van der Waals surface area contributed by atoms with Gasteiger partial charge in [0.25, 0.3) is 0 Å². The normalized spacial score (nSPS) is 12.4. The summed E-state index contributed by atoms with van der Waals surface area (Å²) in [6, 6.07) is 8.26. The second-order valence-corrected chi connectivity index (χ2v) is 3.74. The summed E-state index contributed by atoms with van der Waals surface area (Å²) in [5.41, 5.74) is 2.35. The average molecular weight is 223 g/mol. The quantitative estimate of drug-likeness (QED) is 0.743. The maximum Gasteiger partial charge on any atom is 0.0945 e. The Morgan fingerprint density at radius 2 is 1.94 bits per heavy atom. The van der Waals surface area contributed by atoms with E-state index in [0.29, 0.717) is 19.8 Å². The molecule has 1 aromatic rings. The molecule has 1 atom stereocenters. The Bertz CT molecular complexity index is 284. The molecule has 0 aliphatic heterocycles. The molecule has 1 unspecified atom stereocenters. The van der Waals surface area contributed by atoms with Crippen LogP contribution in [0.15, 0.2) is 24.3 Å². The largest absolute Gasteiger partial charge is 0.389 e. The molecule has 0 spiro atoms. The SMILES string of the molecule is CCOCC(O)CNc1ccc(CC)cc1. The van der Waals surface area contributed by atoms with Crippen molar-refractivity contribution in [2.24, 2.45) is 0 Å². The Balaban J connectivity index is 2.30. The van der Waals surface area contributed by atoms with E-state index in [9.17, 15) is 5.11 Å². The Labute approximate surface area is 97.4 Å². The molecule has 0 aliphatic carbocycles. The number of aliphatic hydroxyl groups excluding tert-OH is 1. The molecular weight excluding hydrogens is 202 g/mol. The first-order chi connectivity index (χ1) is 7.76. The number of benzene rings is 1. The number of aliphatic hydroxyl groups is 1. The maximum atomic E-state index is 9.55. The van der Waals surface area contributed by atoms with Gasteiger partial charge in [0.2, 0.25) is 0 Å². The van der Waals surface area contributed by atoms with Gasteiger partial charge in [-0.3, -0.25) is 0 Å². The van der Waals surface area contributed by atoms with Crippen molar-refractivity contribution in [1.82, 2.24) is 0 Å². The number of rotatable bonds is 7. The lowest BCUT2D eigenvalue weighted by Crippen LogP contribution is -2.24. The Morgan fingerprint density at radius 3 is 2.50 bits per heavy atom. The molecule has 0 saturated carbocycles.